The minimum absolute atomic E-state index is 0.178. The van der Waals surface area contributed by atoms with E-state index in [-0.39, 0.29) is 23.9 Å². The zero-order chi connectivity index (χ0) is 19.2. The maximum Gasteiger partial charge on any atom is 0.275 e. The Morgan fingerprint density at radius 3 is 2.63 bits per heavy atom. The highest BCUT2D eigenvalue weighted by Crippen LogP contribution is 2.26. The molecule has 1 aromatic heterocycles. The lowest BCUT2D eigenvalue weighted by Crippen LogP contribution is -2.16. The number of aromatic nitrogens is 1. The largest absolute Gasteiger partial charge is 0.495 e. The molecule has 0 fully saturated rings. The Kier molecular flexibility index (Phi) is 5.83. The van der Waals surface area contributed by atoms with Gasteiger partial charge in [0, 0.05) is 5.38 Å². The average molecular weight is 381 g/mol. The minimum atomic E-state index is -0.362. The second-order valence-corrected chi connectivity index (χ2v) is 6.76. The summed E-state index contributed by atoms with van der Waals surface area (Å²) in [5.74, 6) is 0.0298. The molecule has 0 aliphatic rings. The summed E-state index contributed by atoms with van der Waals surface area (Å²) < 4.78 is 5.26. The number of amides is 2. The van der Waals surface area contributed by atoms with Crippen LogP contribution >= 0.6 is 11.3 Å². The van der Waals surface area contributed by atoms with Crippen LogP contribution < -0.4 is 15.4 Å². The first-order valence-corrected chi connectivity index (χ1v) is 9.18. The van der Waals surface area contributed by atoms with Crippen LogP contribution in [0.15, 0.2) is 53.9 Å². The molecule has 0 saturated carbocycles. The van der Waals surface area contributed by atoms with E-state index in [2.05, 4.69) is 15.6 Å². The van der Waals surface area contributed by atoms with Gasteiger partial charge in [0.15, 0.2) is 5.13 Å². The van der Waals surface area contributed by atoms with Crippen LogP contribution in [0.1, 0.15) is 21.6 Å². The van der Waals surface area contributed by atoms with Gasteiger partial charge in [-0.05, 0) is 30.2 Å². The predicted molar refractivity (Wildman–Crippen MR) is 107 cm³/mol. The summed E-state index contributed by atoms with van der Waals surface area (Å²) in [7, 11) is 1.55. The molecule has 0 aliphatic heterocycles. The third-order valence-corrected chi connectivity index (χ3v) is 4.55. The number of nitrogens with zero attached hydrogens (tertiary/aromatic N) is 1. The molecule has 0 unspecified atom stereocenters. The van der Waals surface area contributed by atoms with Gasteiger partial charge >= 0.3 is 0 Å². The van der Waals surface area contributed by atoms with Gasteiger partial charge in [0.05, 0.1) is 19.2 Å². The molecule has 2 aromatic carbocycles. The van der Waals surface area contributed by atoms with E-state index in [1.54, 1.807) is 18.6 Å². The first-order chi connectivity index (χ1) is 13.0. The van der Waals surface area contributed by atoms with Gasteiger partial charge in [0.1, 0.15) is 11.4 Å². The van der Waals surface area contributed by atoms with Crippen molar-refractivity contribution in [2.45, 2.75) is 13.3 Å². The quantitative estimate of drug-likeness (QED) is 0.679. The monoisotopic (exact) mass is 381 g/mol. The van der Waals surface area contributed by atoms with Crippen LogP contribution in [0.25, 0.3) is 0 Å². The Labute approximate surface area is 161 Å². The molecule has 0 radical (unpaired) electrons. The summed E-state index contributed by atoms with van der Waals surface area (Å²) in [5, 5.41) is 7.51. The molecule has 27 heavy (non-hydrogen) atoms. The number of carbonyl (C=O) groups is 2. The van der Waals surface area contributed by atoms with Crippen LogP contribution in [0.5, 0.6) is 5.75 Å². The van der Waals surface area contributed by atoms with Gasteiger partial charge in [-0.2, -0.15) is 0 Å². The van der Waals surface area contributed by atoms with E-state index in [0.717, 1.165) is 11.1 Å². The van der Waals surface area contributed by atoms with Crippen molar-refractivity contribution in [3.8, 4) is 5.75 Å². The molecule has 0 saturated heterocycles. The number of hydrogen-bond acceptors (Lipinski definition) is 5. The van der Waals surface area contributed by atoms with Crippen LogP contribution in [0.3, 0.4) is 0 Å². The topological polar surface area (TPSA) is 80.3 Å². The summed E-state index contributed by atoms with van der Waals surface area (Å²) in [4.78, 5) is 28.8. The van der Waals surface area contributed by atoms with E-state index < -0.39 is 0 Å². The van der Waals surface area contributed by atoms with Crippen LogP contribution in [0, 0.1) is 6.92 Å². The van der Waals surface area contributed by atoms with E-state index in [1.807, 2.05) is 49.4 Å². The number of thiazole rings is 1. The number of aryl methyl sites for hydroxylation is 1. The molecule has 2 amide bonds. The Hall–Kier alpha value is -3.19. The molecule has 1 heterocycles. The fraction of sp³-hybridized carbons (Fsp3) is 0.150. The summed E-state index contributed by atoms with van der Waals surface area (Å²) in [6, 6.07) is 15.0. The van der Waals surface area contributed by atoms with Crippen molar-refractivity contribution >= 4 is 34.0 Å². The SMILES string of the molecule is COc1ccc(C)cc1NC(=O)c1csc(NC(=O)Cc2ccccc2)n1. The normalized spacial score (nSPS) is 10.3. The Morgan fingerprint density at radius 1 is 1.11 bits per heavy atom. The lowest BCUT2D eigenvalue weighted by atomic mass is 10.1. The molecule has 2 N–H and O–H groups in total. The zero-order valence-electron chi connectivity index (χ0n) is 15.0. The highest BCUT2D eigenvalue weighted by molar-refractivity contribution is 7.14. The molecule has 138 valence electrons. The highest BCUT2D eigenvalue weighted by atomic mass is 32.1. The third kappa shape index (κ3) is 4.92. The Bertz CT molecular complexity index is 954. The van der Waals surface area contributed by atoms with Crippen molar-refractivity contribution in [2.75, 3.05) is 17.7 Å². The second kappa shape index (κ2) is 8.46. The molecule has 7 heteroatoms. The maximum atomic E-state index is 12.4. The summed E-state index contributed by atoms with van der Waals surface area (Å²) in [6.45, 7) is 1.93. The Morgan fingerprint density at radius 2 is 1.89 bits per heavy atom. The smallest absolute Gasteiger partial charge is 0.275 e. The standard InChI is InChI=1S/C20H19N3O3S/c1-13-8-9-17(26-2)15(10-13)21-19(25)16-12-27-20(22-16)23-18(24)11-14-6-4-3-5-7-14/h3-10,12H,11H2,1-2H3,(H,21,25)(H,22,23,24). The number of benzene rings is 2. The van der Waals surface area contributed by atoms with E-state index in [9.17, 15) is 9.59 Å². The van der Waals surface area contributed by atoms with Gasteiger partial charge in [-0.25, -0.2) is 4.98 Å². The van der Waals surface area contributed by atoms with Crippen LogP contribution in [-0.2, 0) is 11.2 Å². The fourth-order valence-electron chi connectivity index (χ4n) is 2.49. The molecule has 0 bridgehead atoms. The Balaban J connectivity index is 1.64. The maximum absolute atomic E-state index is 12.4. The molecule has 6 nitrogen and oxygen atoms in total. The van der Waals surface area contributed by atoms with E-state index >= 15 is 0 Å². The summed E-state index contributed by atoms with van der Waals surface area (Å²) >= 11 is 1.21. The number of carbonyl (C=O) groups excluding carboxylic acids is 2. The predicted octanol–water partition coefficient (Wildman–Crippen LogP) is 3.89. The number of anilines is 2. The van der Waals surface area contributed by atoms with Gasteiger partial charge in [0.2, 0.25) is 5.91 Å². The lowest BCUT2D eigenvalue weighted by molar-refractivity contribution is -0.115. The van der Waals surface area contributed by atoms with Gasteiger partial charge in [-0.3, -0.25) is 9.59 Å². The molecule has 3 rings (SSSR count). The summed E-state index contributed by atoms with van der Waals surface area (Å²) in [5.41, 5.74) is 2.72. The van der Waals surface area contributed by atoms with Crippen LogP contribution in [-0.4, -0.2) is 23.9 Å². The molecule has 0 aliphatic carbocycles. The fourth-order valence-corrected chi connectivity index (χ4v) is 3.19. The van der Waals surface area contributed by atoms with E-state index in [1.165, 1.54) is 11.3 Å². The molecule has 3 aromatic rings. The first-order valence-electron chi connectivity index (χ1n) is 8.30. The first kappa shape index (κ1) is 18.6. The molecule has 0 spiro atoms. The van der Waals surface area contributed by atoms with Crippen molar-refractivity contribution in [3.05, 3.63) is 70.7 Å². The van der Waals surface area contributed by atoms with Crippen molar-refractivity contribution in [2.24, 2.45) is 0 Å². The van der Waals surface area contributed by atoms with Crippen LogP contribution in [0.2, 0.25) is 0 Å². The van der Waals surface area contributed by atoms with Crippen LogP contribution in [0.4, 0.5) is 10.8 Å². The summed E-state index contributed by atoms with van der Waals surface area (Å²) in [6.07, 6.45) is 0.252. The average Bonchev–Trinajstić information content (AvgIpc) is 3.11. The molecule has 0 atom stereocenters. The second-order valence-electron chi connectivity index (χ2n) is 5.91. The lowest BCUT2D eigenvalue weighted by Gasteiger charge is -2.10. The van der Waals surface area contributed by atoms with Crippen molar-refractivity contribution in [1.29, 1.82) is 0 Å². The van der Waals surface area contributed by atoms with Gasteiger partial charge in [-0.15, -0.1) is 11.3 Å². The van der Waals surface area contributed by atoms with E-state index in [4.69, 9.17) is 4.74 Å². The number of hydrogen-bond donors (Lipinski definition) is 2. The van der Waals surface area contributed by atoms with E-state index in [0.29, 0.717) is 16.6 Å². The minimum Gasteiger partial charge on any atom is -0.495 e. The van der Waals surface area contributed by atoms with Gasteiger partial charge in [-0.1, -0.05) is 36.4 Å². The van der Waals surface area contributed by atoms with Gasteiger partial charge in [0.25, 0.3) is 5.91 Å². The number of nitrogens with one attached hydrogen (secondary N) is 2. The van der Waals surface area contributed by atoms with Crippen molar-refractivity contribution in [3.63, 3.8) is 0 Å². The number of rotatable bonds is 6. The third-order valence-electron chi connectivity index (χ3n) is 3.79. The number of ether oxygens (including phenoxy) is 1. The molecular formula is C20H19N3O3S. The zero-order valence-corrected chi connectivity index (χ0v) is 15.8. The van der Waals surface area contributed by atoms with Gasteiger partial charge < -0.3 is 15.4 Å². The highest BCUT2D eigenvalue weighted by Gasteiger charge is 2.15. The van der Waals surface area contributed by atoms with Crippen molar-refractivity contribution < 1.29 is 14.3 Å². The number of methoxy groups -OCH3 is 1. The molecular weight excluding hydrogens is 362 g/mol. The van der Waals surface area contributed by atoms with Crippen molar-refractivity contribution in [1.82, 2.24) is 4.98 Å².